The molecule has 0 radical (unpaired) electrons. The van der Waals surface area contributed by atoms with Crippen molar-refractivity contribution in [3.05, 3.63) is 48.0 Å². The Morgan fingerprint density at radius 2 is 1.95 bits per heavy atom. The van der Waals surface area contributed by atoms with E-state index in [0.717, 1.165) is 12.5 Å². The average Bonchev–Trinajstić information content (AvgIpc) is 2.78. The summed E-state index contributed by atoms with van der Waals surface area (Å²) in [6.07, 6.45) is 0.814. The Labute approximate surface area is 120 Å². The maximum atomic E-state index is 14.1. The van der Waals surface area contributed by atoms with E-state index < -0.39 is 5.82 Å². The predicted octanol–water partition coefficient (Wildman–Crippen LogP) is 4.10. The highest BCUT2D eigenvalue weighted by Crippen LogP contribution is 2.29. The zero-order chi connectivity index (χ0) is 15.0. The molecule has 1 heterocycles. The van der Waals surface area contributed by atoms with Gasteiger partial charge in [0.1, 0.15) is 23.2 Å². The van der Waals surface area contributed by atoms with Gasteiger partial charge in [-0.1, -0.05) is 6.92 Å². The van der Waals surface area contributed by atoms with Gasteiger partial charge >= 0.3 is 0 Å². The van der Waals surface area contributed by atoms with Gasteiger partial charge in [0.25, 0.3) is 0 Å². The molecule has 3 aromatic rings. The van der Waals surface area contributed by atoms with E-state index in [1.165, 1.54) is 24.3 Å². The molecule has 108 valence electrons. The molecule has 0 aliphatic heterocycles. The van der Waals surface area contributed by atoms with Gasteiger partial charge in [-0.15, -0.1) is 0 Å². The molecule has 0 amide bonds. The fourth-order valence-electron chi connectivity index (χ4n) is 2.44. The van der Waals surface area contributed by atoms with Crippen molar-refractivity contribution < 1.29 is 13.9 Å². The summed E-state index contributed by atoms with van der Waals surface area (Å²) >= 11 is 0. The van der Waals surface area contributed by atoms with Crippen LogP contribution in [0.3, 0.4) is 0 Å². The lowest BCUT2D eigenvalue weighted by atomic mass is 10.2. The molecule has 0 saturated heterocycles. The van der Waals surface area contributed by atoms with Crippen molar-refractivity contribution in [1.29, 1.82) is 0 Å². The minimum atomic E-state index is -0.553. The smallest absolute Gasteiger partial charge is 0.144 e. The largest absolute Gasteiger partial charge is 0.508 e. The maximum absolute atomic E-state index is 14.1. The van der Waals surface area contributed by atoms with Crippen molar-refractivity contribution in [2.45, 2.75) is 19.9 Å². The van der Waals surface area contributed by atoms with Crippen LogP contribution in [0.25, 0.3) is 22.4 Å². The third kappa shape index (κ3) is 2.35. The van der Waals surface area contributed by atoms with Crippen LogP contribution in [0.15, 0.2) is 36.4 Å². The summed E-state index contributed by atoms with van der Waals surface area (Å²) in [5.41, 5.74) is 1.55. The predicted molar refractivity (Wildman–Crippen MR) is 77.0 cm³/mol. The zero-order valence-corrected chi connectivity index (χ0v) is 11.5. The van der Waals surface area contributed by atoms with Gasteiger partial charge in [0.2, 0.25) is 0 Å². The van der Waals surface area contributed by atoms with Crippen LogP contribution >= 0.6 is 0 Å². The highest BCUT2D eigenvalue weighted by atomic mass is 19.1. The first-order valence-electron chi connectivity index (χ1n) is 6.75. The zero-order valence-electron chi connectivity index (χ0n) is 11.5. The lowest BCUT2D eigenvalue weighted by Crippen LogP contribution is -2.01. The van der Waals surface area contributed by atoms with Crippen LogP contribution in [-0.2, 0) is 6.54 Å². The van der Waals surface area contributed by atoms with Crippen molar-refractivity contribution in [3.63, 3.8) is 0 Å². The lowest BCUT2D eigenvalue weighted by Gasteiger charge is -2.08. The van der Waals surface area contributed by atoms with Gasteiger partial charge in [-0.3, -0.25) is 0 Å². The van der Waals surface area contributed by atoms with Crippen LogP contribution in [0.1, 0.15) is 13.3 Å². The van der Waals surface area contributed by atoms with Crippen molar-refractivity contribution in [1.82, 2.24) is 9.55 Å². The molecule has 0 fully saturated rings. The quantitative estimate of drug-likeness (QED) is 0.788. The summed E-state index contributed by atoms with van der Waals surface area (Å²) in [5, 5.41) is 9.32. The summed E-state index contributed by atoms with van der Waals surface area (Å²) in [5.74, 6) is -0.601. The maximum Gasteiger partial charge on any atom is 0.144 e. The number of aromatic hydroxyl groups is 1. The Morgan fingerprint density at radius 1 is 1.14 bits per heavy atom. The third-order valence-electron chi connectivity index (χ3n) is 3.35. The summed E-state index contributed by atoms with van der Waals surface area (Å²) < 4.78 is 29.3. The molecular weight excluding hydrogens is 274 g/mol. The van der Waals surface area contributed by atoms with Crippen molar-refractivity contribution >= 4 is 11.0 Å². The first-order chi connectivity index (χ1) is 10.1. The normalized spacial score (nSPS) is 11.2. The van der Waals surface area contributed by atoms with E-state index in [-0.39, 0.29) is 17.1 Å². The van der Waals surface area contributed by atoms with E-state index in [1.54, 1.807) is 10.6 Å². The first-order valence-corrected chi connectivity index (χ1v) is 6.75. The second kappa shape index (κ2) is 5.16. The van der Waals surface area contributed by atoms with Gasteiger partial charge in [0.05, 0.1) is 16.6 Å². The van der Waals surface area contributed by atoms with E-state index in [9.17, 15) is 13.9 Å². The molecule has 0 saturated carbocycles. The van der Waals surface area contributed by atoms with Gasteiger partial charge in [-0.25, -0.2) is 13.8 Å². The molecule has 3 rings (SSSR count). The molecule has 1 aromatic heterocycles. The number of hydrogen-bond acceptors (Lipinski definition) is 2. The van der Waals surface area contributed by atoms with Crippen LogP contribution in [0.2, 0.25) is 0 Å². The number of halogens is 2. The second-order valence-electron chi connectivity index (χ2n) is 4.88. The molecule has 21 heavy (non-hydrogen) atoms. The van der Waals surface area contributed by atoms with E-state index >= 15 is 0 Å². The Kier molecular flexibility index (Phi) is 3.33. The number of hydrogen-bond donors (Lipinski definition) is 1. The first kappa shape index (κ1) is 13.5. The number of benzene rings is 2. The highest BCUT2D eigenvalue weighted by molar-refractivity contribution is 5.81. The molecule has 0 atom stereocenters. The second-order valence-corrected chi connectivity index (χ2v) is 4.88. The molecule has 2 aromatic carbocycles. The number of imidazole rings is 1. The minimum absolute atomic E-state index is 0.138. The fourth-order valence-corrected chi connectivity index (χ4v) is 2.44. The number of fused-ring (bicyclic) bond motifs is 1. The van der Waals surface area contributed by atoms with E-state index in [0.29, 0.717) is 23.4 Å². The summed E-state index contributed by atoms with van der Waals surface area (Å²) in [6, 6.07) is 8.26. The standard InChI is InChI=1S/C16H14F2N2O/c1-2-7-20-15-8-10(17)3-6-14(15)19-16(20)12-5-4-11(21)9-13(12)18/h3-6,8-9,21H,2,7H2,1H3. The number of nitrogens with zero attached hydrogens (tertiary/aromatic N) is 2. The minimum Gasteiger partial charge on any atom is -0.508 e. The molecule has 0 spiro atoms. The van der Waals surface area contributed by atoms with Gasteiger partial charge in [-0.2, -0.15) is 0 Å². The Morgan fingerprint density at radius 3 is 2.67 bits per heavy atom. The van der Waals surface area contributed by atoms with Crippen LogP contribution in [-0.4, -0.2) is 14.7 Å². The third-order valence-corrected chi connectivity index (χ3v) is 3.35. The summed E-state index contributed by atoms with van der Waals surface area (Å²) in [4.78, 5) is 4.41. The molecule has 0 bridgehead atoms. The van der Waals surface area contributed by atoms with Crippen molar-refractivity contribution in [2.75, 3.05) is 0 Å². The number of phenolic OH excluding ortho intramolecular Hbond substituents is 1. The molecule has 1 N–H and O–H groups in total. The van der Waals surface area contributed by atoms with E-state index in [2.05, 4.69) is 4.98 Å². The van der Waals surface area contributed by atoms with Crippen molar-refractivity contribution in [3.8, 4) is 17.1 Å². The number of aromatic nitrogens is 2. The number of phenols is 1. The number of aryl methyl sites for hydroxylation is 1. The van der Waals surface area contributed by atoms with Crippen molar-refractivity contribution in [2.24, 2.45) is 0 Å². The van der Waals surface area contributed by atoms with Gasteiger partial charge < -0.3 is 9.67 Å². The Balaban J connectivity index is 2.28. The Hall–Kier alpha value is -2.43. The van der Waals surface area contributed by atoms with Crippen LogP contribution in [0.5, 0.6) is 5.75 Å². The topological polar surface area (TPSA) is 38.0 Å². The number of rotatable bonds is 3. The van der Waals surface area contributed by atoms with Gasteiger partial charge in [-0.05, 0) is 36.8 Å². The lowest BCUT2D eigenvalue weighted by molar-refractivity contribution is 0.469. The molecule has 3 nitrogen and oxygen atoms in total. The van der Waals surface area contributed by atoms with E-state index in [1.807, 2.05) is 6.92 Å². The van der Waals surface area contributed by atoms with Gasteiger partial charge in [0.15, 0.2) is 0 Å². The van der Waals surface area contributed by atoms with Crippen LogP contribution < -0.4 is 0 Å². The monoisotopic (exact) mass is 288 g/mol. The molecule has 0 unspecified atom stereocenters. The van der Waals surface area contributed by atoms with Crippen LogP contribution in [0.4, 0.5) is 8.78 Å². The molecule has 5 heteroatoms. The molecular formula is C16H14F2N2O. The molecule has 0 aliphatic carbocycles. The summed E-state index contributed by atoms with van der Waals surface area (Å²) in [6.45, 7) is 2.59. The SMILES string of the molecule is CCCn1c(-c2ccc(O)cc2F)nc2ccc(F)cc21. The van der Waals surface area contributed by atoms with E-state index in [4.69, 9.17) is 0 Å². The average molecular weight is 288 g/mol. The summed E-state index contributed by atoms with van der Waals surface area (Å²) in [7, 11) is 0. The van der Waals surface area contributed by atoms with Crippen LogP contribution in [0, 0.1) is 11.6 Å². The highest BCUT2D eigenvalue weighted by Gasteiger charge is 2.16. The molecule has 0 aliphatic rings. The Bertz CT molecular complexity index is 811. The van der Waals surface area contributed by atoms with Gasteiger partial charge in [0, 0.05) is 12.6 Å². The fraction of sp³-hybridized carbons (Fsp3) is 0.188.